The van der Waals surface area contributed by atoms with Crippen molar-refractivity contribution in [3.8, 4) is 0 Å². The van der Waals surface area contributed by atoms with Crippen LogP contribution in [0.5, 0.6) is 0 Å². The molecule has 0 fully saturated rings. The molecule has 120 valence electrons. The topological polar surface area (TPSA) is 74.8 Å². The van der Waals surface area contributed by atoms with Gasteiger partial charge in [-0.1, -0.05) is 40.0 Å². The maximum Gasteiger partial charge on any atom is 0.177 e. The number of unbranched alkanes of at least 4 members (excludes halogenated alkanes) is 3. The Morgan fingerprint density at radius 1 is 0.667 bits per heavy atom. The van der Waals surface area contributed by atoms with Gasteiger partial charge in [-0.25, -0.2) is 0 Å². The second kappa shape index (κ2) is 11.1. The van der Waals surface area contributed by atoms with Crippen molar-refractivity contribution in [1.82, 2.24) is 15.4 Å². The number of rotatable bonds is 12. The predicted molar refractivity (Wildman–Crippen MR) is 90.0 cm³/mol. The highest BCUT2D eigenvalue weighted by Crippen LogP contribution is 2.25. The molecule has 0 unspecified atom stereocenters. The van der Waals surface area contributed by atoms with Gasteiger partial charge >= 0.3 is 0 Å². The van der Waals surface area contributed by atoms with Crippen molar-refractivity contribution in [3.05, 3.63) is 0 Å². The van der Waals surface area contributed by atoms with Crippen LogP contribution in [0.3, 0.4) is 0 Å². The van der Waals surface area contributed by atoms with Crippen molar-refractivity contribution in [3.63, 3.8) is 0 Å². The first kappa shape index (κ1) is 17.5. The summed E-state index contributed by atoms with van der Waals surface area (Å²) in [4.78, 5) is 0. The second-order valence-electron chi connectivity index (χ2n) is 5.20. The van der Waals surface area contributed by atoms with Crippen molar-refractivity contribution < 1.29 is 0 Å². The van der Waals surface area contributed by atoms with Crippen molar-refractivity contribution in [2.45, 2.75) is 59.3 Å². The molecule has 1 aromatic heterocycles. The molecule has 1 aromatic rings. The smallest absolute Gasteiger partial charge is 0.177 e. The lowest BCUT2D eigenvalue weighted by atomic mass is 10.3. The Kier molecular flexibility index (Phi) is 9.24. The van der Waals surface area contributed by atoms with Gasteiger partial charge in [0.25, 0.3) is 0 Å². The Labute approximate surface area is 128 Å². The van der Waals surface area contributed by atoms with Gasteiger partial charge in [0, 0.05) is 19.6 Å². The number of hydrogen-bond donors (Lipinski definition) is 3. The molecule has 0 atom stereocenters. The van der Waals surface area contributed by atoms with E-state index in [1.807, 2.05) is 0 Å². The Morgan fingerprint density at radius 3 is 1.52 bits per heavy atom. The predicted octanol–water partition coefficient (Wildman–Crippen LogP) is 3.51. The van der Waals surface area contributed by atoms with E-state index < -0.39 is 0 Å². The van der Waals surface area contributed by atoms with E-state index in [-0.39, 0.29) is 0 Å². The number of hydrogen-bond acceptors (Lipinski definition) is 6. The van der Waals surface area contributed by atoms with Crippen molar-refractivity contribution >= 4 is 17.3 Å². The van der Waals surface area contributed by atoms with Crippen LogP contribution in [-0.2, 0) is 0 Å². The summed E-state index contributed by atoms with van der Waals surface area (Å²) < 4.78 is 0. The summed E-state index contributed by atoms with van der Waals surface area (Å²) in [6, 6.07) is 0. The lowest BCUT2D eigenvalue weighted by Crippen LogP contribution is -2.15. The molecular formula is C15H30N6. The molecule has 0 radical (unpaired) electrons. The molecule has 0 saturated heterocycles. The third-order valence-corrected chi connectivity index (χ3v) is 3.24. The normalized spacial score (nSPS) is 10.4. The van der Waals surface area contributed by atoms with E-state index in [9.17, 15) is 0 Å². The van der Waals surface area contributed by atoms with Gasteiger partial charge in [0.2, 0.25) is 0 Å². The average molecular weight is 294 g/mol. The lowest BCUT2D eigenvalue weighted by molar-refractivity contribution is 0.796. The molecule has 0 aliphatic carbocycles. The Balaban J connectivity index is 2.75. The molecule has 0 aliphatic rings. The molecule has 1 rings (SSSR count). The van der Waals surface area contributed by atoms with Crippen LogP contribution < -0.4 is 16.0 Å². The monoisotopic (exact) mass is 294 g/mol. The molecule has 21 heavy (non-hydrogen) atoms. The average Bonchev–Trinajstić information content (AvgIpc) is 2.50. The van der Waals surface area contributed by atoms with E-state index in [0.29, 0.717) is 0 Å². The van der Waals surface area contributed by atoms with Crippen LogP contribution >= 0.6 is 0 Å². The van der Waals surface area contributed by atoms with E-state index in [2.05, 4.69) is 52.1 Å². The Bertz CT molecular complexity index is 354. The SMILES string of the molecule is CCCCNc1nnnc(NCCCC)c1NCCCC. The zero-order valence-electron chi connectivity index (χ0n) is 13.7. The van der Waals surface area contributed by atoms with E-state index in [1.54, 1.807) is 0 Å². The summed E-state index contributed by atoms with van der Waals surface area (Å²) in [5, 5.41) is 22.3. The maximum absolute atomic E-state index is 4.14. The van der Waals surface area contributed by atoms with Gasteiger partial charge in [0.05, 0.1) is 0 Å². The van der Waals surface area contributed by atoms with Crippen molar-refractivity contribution in [2.24, 2.45) is 0 Å². The Morgan fingerprint density at radius 2 is 1.10 bits per heavy atom. The standard InChI is InChI=1S/C15H30N6/c1-4-7-10-16-13-14(17-11-8-5-2)19-21-20-15(13)18-12-9-6-3/h4-12H2,1-3H3,(H,16,21)(H2,17,18,19,20). The molecule has 0 spiro atoms. The summed E-state index contributed by atoms with van der Waals surface area (Å²) in [6.07, 6.45) is 6.85. The molecular weight excluding hydrogens is 264 g/mol. The molecule has 0 amide bonds. The molecule has 6 heteroatoms. The fraction of sp³-hybridized carbons (Fsp3) is 0.800. The highest BCUT2D eigenvalue weighted by Gasteiger charge is 2.11. The van der Waals surface area contributed by atoms with Crippen LogP contribution in [0.1, 0.15) is 59.3 Å². The van der Waals surface area contributed by atoms with Crippen LogP contribution in [-0.4, -0.2) is 35.0 Å². The minimum absolute atomic E-state index is 0.800. The van der Waals surface area contributed by atoms with Gasteiger partial charge in [0.15, 0.2) is 11.6 Å². The number of nitrogens with zero attached hydrogens (tertiary/aromatic N) is 3. The molecule has 3 N–H and O–H groups in total. The third-order valence-electron chi connectivity index (χ3n) is 3.24. The number of aromatic nitrogens is 3. The van der Waals surface area contributed by atoms with Crippen molar-refractivity contribution in [2.75, 3.05) is 35.6 Å². The minimum Gasteiger partial charge on any atom is -0.379 e. The second-order valence-corrected chi connectivity index (χ2v) is 5.20. The first-order chi connectivity index (χ1) is 10.3. The van der Waals surface area contributed by atoms with Crippen LogP contribution in [0.25, 0.3) is 0 Å². The molecule has 0 aromatic carbocycles. The van der Waals surface area contributed by atoms with Gasteiger partial charge in [-0.2, -0.15) is 0 Å². The van der Waals surface area contributed by atoms with Gasteiger partial charge in [-0.15, -0.1) is 10.2 Å². The Hall–Kier alpha value is -1.59. The molecule has 6 nitrogen and oxygen atoms in total. The summed E-state index contributed by atoms with van der Waals surface area (Å²) in [5.74, 6) is 1.60. The fourth-order valence-electron chi connectivity index (χ4n) is 1.90. The van der Waals surface area contributed by atoms with Crippen LogP contribution in [0, 0.1) is 0 Å². The van der Waals surface area contributed by atoms with Gasteiger partial charge in [0.1, 0.15) is 5.69 Å². The number of nitrogens with one attached hydrogen (secondary N) is 3. The number of anilines is 3. The minimum atomic E-state index is 0.800. The van der Waals surface area contributed by atoms with Crippen LogP contribution in [0.15, 0.2) is 0 Å². The summed E-state index contributed by atoms with van der Waals surface area (Å²) in [5.41, 5.74) is 0.950. The fourth-order valence-corrected chi connectivity index (χ4v) is 1.90. The summed E-state index contributed by atoms with van der Waals surface area (Å²) in [7, 11) is 0. The molecule has 0 saturated carbocycles. The van der Waals surface area contributed by atoms with Gasteiger partial charge < -0.3 is 16.0 Å². The first-order valence-electron chi connectivity index (χ1n) is 8.28. The van der Waals surface area contributed by atoms with E-state index >= 15 is 0 Å². The quantitative estimate of drug-likeness (QED) is 0.512. The highest BCUT2D eigenvalue weighted by atomic mass is 15.4. The van der Waals surface area contributed by atoms with Crippen LogP contribution in [0.4, 0.5) is 17.3 Å². The largest absolute Gasteiger partial charge is 0.379 e. The zero-order chi connectivity index (χ0) is 15.3. The van der Waals surface area contributed by atoms with E-state index in [4.69, 9.17) is 0 Å². The summed E-state index contributed by atoms with van der Waals surface area (Å²) in [6.45, 7) is 9.29. The highest BCUT2D eigenvalue weighted by molar-refractivity contribution is 5.76. The van der Waals surface area contributed by atoms with E-state index in [0.717, 1.165) is 75.5 Å². The first-order valence-corrected chi connectivity index (χ1v) is 8.28. The third kappa shape index (κ3) is 6.60. The van der Waals surface area contributed by atoms with E-state index in [1.165, 1.54) is 0 Å². The van der Waals surface area contributed by atoms with Crippen LogP contribution in [0.2, 0.25) is 0 Å². The maximum atomic E-state index is 4.14. The lowest BCUT2D eigenvalue weighted by Gasteiger charge is -2.15. The molecule has 0 bridgehead atoms. The zero-order valence-corrected chi connectivity index (χ0v) is 13.7. The summed E-state index contributed by atoms with van der Waals surface area (Å²) >= 11 is 0. The van der Waals surface area contributed by atoms with Crippen molar-refractivity contribution in [1.29, 1.82) is 0 Å². The van der Waals surface area contributed by atoms with Gasteiger partial charge in [-0.05, 0) is 24.5 Å². The molecule has 0 aliphatic heterocycles. The van der Waals surface area contributed by atoms with Gasteiger partial charge in [-0.3, -0.25) is 0 Å². The molecule has 1 heterocycles.